The second kappa shape index (κ2) is 10.4. The number of carbonyl (C=O) groups excluding carboxylic acids is 1. The number of aromatic amines is 1. The average molecular weight is 408 g/mol. The summed E-state index contributed by atoms with van der Waals surface area (Å²) in [6, 6.07) is 3.78. The topological polar surface area (TPSA) is 82.7 Å². The van der Waals surface area contributed by atoms with Crippen molar-refractivity contribution in [3.8, 4) is 0 Å². The van der Waals surface area contributed by atoms with Crippen molar-refractivity contribution in [3.05, 3.63) is 47.5 Å². The molecule has 0 aliphatic carbocycles. The summed E-state index contributed by atoms with van der Waals surface area (Å²) in [4.78, 5) is 16.1. The van der Waals surface area contributed by atoms with Gasteiger partial charge in [-0.15, -0.1) is 24.8 Å². The van der Waals surface area contributed by atoms with E-state index in [-0.39, 0.29) is 49.1 Å². The Kier molecular flexibility index (Phi) is 8.91. The fraction of sp³-hybridized carbons (Fsp3) is 0.438. The molecule has 1 aromatic carbocycles. The molecule has 2 atom stereocenters. The van der Waals surface area contributed by atoms with E-state index in [1.807, 2.05) is 0 Å². The van der Waals surface area contributed by atoms with Crippen LogP contribution in [0.15, 0.2) is 24.5 Å². The lowest BCUT2D eigenvalue weighted by atomic mass is 9.86. The first-order valence-corrected chi connectivity index (χ1v) is 7.93. The number of piperidine rings is 1. The van der Waals surface area contributed by atoms with E-state index in [4.69, 9.17) is 0 Å². The molecule has 0 radical (unpaired) electrons. The molecule has 2 heterocycles. The molecule has 1 aliphatic rings. The zero-order chi connectivity index (χ0) is 16.9. The van der Waals surface area contributed by atoms with Crippen molar-refractivity contribution in [2.24, 2.45) is 0 Å². The number of carbonyl (C=O) groups is 1. The Bertz CT molecular complexity index is 702. The van der Waals surface area contributed by atoms with Crippen molar-refractivity contribution >= 4 is 30.7 Å². The minimum absolute atomic E-state index is 0. The van der Waals surface area contributed by atoms with Gasteiger partial charge in [0.2, 0.25) is 5.91 Å². The van der Waals surface area contributed by atoms with Gasteiger partial charge < -0.3 is 10.6 Å². The largest absolute Gasteiger partial charge is 0.351 e. The maximum absolute atomic E-state index is 13.5. The molecule has 0 bridgehead atoms. The predicted molar refractivity (Wildman–Crippen MR) is 97.7 cm³/mol. The van der Waals surface area contributed by atoms with Gasteiger partial charge >= 0.3 is 0 Å². The van der Waals surface area contributed by atoms with Gasteiger partial charge in [-0.05, 0) is 30.7 Å². The van der Waals surface area contributed by atoms with E-state index in [1.54, 1.807) is 6.07 Å². The van der Waals surface area contributed by atoms with Crippen LogP contribution in [0.2, 0.25) is 0 Å². The fourth-order valence-corrected chi connectivity index (χ4v) is 3.01. The molecule has 0 saturated carbocycles. The number of rotatable bonds is 5. The second-order valence-corrected chi connectivity index (χ2v) is 5.88. The van der Waals surface area contributed by atoms with Crippen molar-refractivity contribution < 1.29 is 13.6 Å². The van der Waals surface area contributed by atoms with Gasteiger partial charge in [-0.25, -0.2) is 13.8 Å². The van der Waals surface area contributed by atoms with Crippen LogP contribution in [-0.4, -0.2) is 40.2 Å². The van der Waals surface area contributed by atoms with Gasteiger partial charge in [0.15, 0.2) is 11.6 Å². The Hall–Kier alpha value is -1.77. The Morgan fingerprint density at radius 1 is 1.27 bits per heavy atom. The van der Waals surface area contributed by atoms with Crippen molar-refractivity contribution in [1.82, 2.24) is 25.8 Å². The molecule has 144 valence electrons. The second-order valence-electron chi connectivity index (χ2n) is 5.88. The molecule has 6 nitrogen and oxygen atoms in total. The number of H-pyrrole nitrogens is 1. The third kappa shape index (κ3) is 5.62. The number of hydrogen-bond donors (Lipinski definition) is 3. The first-order valence-electron chi connectivity index (χ1n) is 7.93. The van der Waals surface area contributed by atoms with E-state index in [9.17, 15) is 13.6 Å². The van der Waals surface area contributed by atoms with Gasteiger partial charge in [-0.3, -0.25) is 9.89 Å². The van der Waals surface area contributed by atoms with Gasteiger partial charge in [0.05, 0.1) is 0 Å². The number of aryl methyl sites for hydroxylation is 1. The molecule has 1 saturated heterocycles. The van der Waals surface area contributed by atoms with E-state index in [1.165, 1.54) is 12.4 Å². The highest BCUT2D eigenvalue weighted by molar-refractivity contribution is 5.85. The summed E-state index contributed by atoms with van der Waals surface area (Å²) in [6.45, 7) is 1.37. The third-order valence-electron chi connectivity index (χ3n) is 4.25. The van der Waals surface area contributed by atoms with Crippen LogP contribution in [0.25, 0.3) is 0 Å². The summed E-state index contributed by atoms with van der Waals surface area (Å²) in [7, 11) is 0. The van der Waals surface area contributed by atoms with Gasteiger partial charge in [-0.1, -0.05) is 6.07 Å². The number of halogens is 4. The van der Waals surface area contributed by atoms with E-state index >= 15 is 0 Å². The Morgan fingerprint density at radius 2 is 2.08 bits per heavy atom. The smallest absolute Gasteiger partial charge is 0.220 e. The van der Waals surface area contributed by atoms with Crippen LogP contribution in [-0.2, 0) is 11.2 Å². The highest BCUT2D eigenvalue weighted by Crippen LogP contribution is 2.27. The predicted octanol–water partition coefficient (Wildman–Crippen LogP) is 2.12. The summed E-state index contributed by atoms with van der Waals surface area (Å²) in [5.74, 6) is -1.21. The van der Waals surface area contributed by atoms with Crippen molar-refractivity contribution in [2.45, 2.75) is 31.2 Å². The molecule has 2 aromatic rings. The van der Waals surface area contributed by atoms with Crippen LogP contribution in [0.3, 0.4) is 0 Å². The lowest BCUT2D eigenvalue weighted by Gasteiger charge is -2.33. The van der Waals surface area contributed by atoms with Gasteiger partial charge in [-0.2, -0.15) is 5.10 Å². The third-order valence-corrected chi connectivity index (χ3v) is 4.25. The molecule has 1 aliphatic heterocycles. The maximum Gasteiger partial charge on any atom is 0.220 e. The summed E-state index contributed by atoms with van der Waals surface area (Å²) >= 11 is 0. The Labute approximate surface area is 162 Å². The van der Waals surface area contributed by atoms with E-state index in [2.05, 4.69) is 25.8 Å². The molecule has 10 heteroatoms. The van der Waals surface area contributed by atoms with Crippen LogP contribution in [0.4, 0.5) is 8.78 Å². The first-order chi connectivity index (χ1) is 11.6. The van der Waals surface area contributed by atoms with Crippen molar-refractivity contribution in [2.75, 3.05) is 13.1 Å². The number of nitrogens with one attached hydrogen (secondary N) is 3. The van der Waals surface area contributed by atoms with Crippen molar-refractivity contribution in [3.63, 3.8) is 0 Å². The van der Waals surface area contributed by atoms with Crippen LogP contribution in [0, 0.1) is 11.6 Å². The van der Waals surface area contributed by atoms with Gasteiger partial charge in [0, 0.05) is 31.3 Å². The molecule has 1 aromatic heterocycles. The lowest BCUT2D eigenvalue weighted by Crippen LogP contribution is -2.50. The molecule has 1 fully saturated rings. The van der Waals surface area contributed by atoms with E-state index < -0.39 is 11.6 Å². The van der Waals surface area contributed by atoms with E-state index in [0.717, 1.165) is 19.0 Å². The summed E-state index contributed by atoms with van der Waals surface area (Å²) in [6.07, 6.45) is 2.91. The van der Waals surface area contributed by atoms with E-state index in [0.29, 0.717) is 24.4 Å². The zero-order valence-electron chi connectivity index (χ0n) is 13.9. The number of nitrogens with zero attached hydrogens (tertiary/aromatic N) is 2. The molecule has 26 heavy (non-hydrogen) atoms. The van der Waals surface area contributed by atoms with Crippen LogP contribution in [0.5, 0.6) is 0 Å². The number of hydrogen-bond acceptors (Lipinski definition) is 4. The normalized spacial score (nSPS) is 19.2. The molecular formula is C16H21Cl2F2N5O. The number of amides is 1. The Balaban J connectivity index is 0.00000169. The van der Waals surface area contributed by atoms with Crippen LogP contribution >= 0.6 is 24.8 Å². The average Bonchev–Trinajstić information content (AvgIpc) is 3.10. The van der Waals surface area contributed by atoms with Crippen LogP contribution in [0.1, 0.15) is 30.1 Å². The lowest BCUT2D eigenvalue weighted by molar-refractivity contribution is -0.122. The molecular weight excluding hydrogens is 387 g/mol. The minimum Gasteiger partial charge on any atom is -0.351 e. The monoisotopic (exact) mass is 407 g/mol. The molecule has 3 N–H and O–H groups in total. The molecule has 3 rings (SSSR count). The fourth-order valence-electron chi connectivity index (χ4n) is 3.01. The first kappa shape index (κ1) is 22.3. The van der Waals surface area contributed by atoms with Gasteiger partial charge in [0.25, 0.3) is 0 Å². The highest BCUT2D eigenvalue weighted by Gasteiger charge is 2.28. The SMILES string of the molecule is Cl.Cl.O=C(CCc1ncn[nH]1)NC1CNCCC1c1ccc(F)c(F)c1. The minimum atomic E-state index is -0.861. The maximum atomic E-state index is 13.5. The molecule has 0 spiro atoms. The Morgan fingerprint density at radius 3 is 2.77 bits per heavy atom. The molecule has 2 unspecified atom stereocenters. The zero-order valence-corrected chi connectivity index (χ0v) is 15.5. The molecule has 1 amide bonds. The highest BCUT2D eigenvalue weighted by atomic mass is 35.5. The van der Waals surface area contributed by atoms with Crippen molar-refractivity contribution in [1.29, 1.82) is 0 Å². The summed E-state index contributed by atoms with van der Waals surface area (Å²) in [5, 5.41) is 12.7. The van der Waals surface area contributed by atoms with Gasteiger partial charge in [0.1, 0.15) is 12.2 Å². The summed E-state index contributed by atoms with van der Waals surface area (Å²) in [5.41, 5.74) is 0.705. The standard InChI is InChI=1S/C16H19F2N5O.2ClH/c17-12-2-1-10(7-13(12)18)11-5-6-19-8-14(11)22-16(24)4-3-15-20-9-21-23-15;;/h1-2,7,9,11,14,19H,3-6,8H2,(H,22,24)(H,20,21,23);2*1H. The summed E-state index contributed by atoms with van der Waals surface area (Å²) < 4.78 is 26.6. The quantitative estimate of drug-likeness (QED) is 0.708. The number of benzene rings is 1. The van der Waals surface area contributed by atoms with Crippen LogP contribution < -0.4 is 10.6 Å². The number of aromatic nitrogens is 3.